The number of hydrogen-bond donors (Lipinski definition) is 1. The number of aryl methyl sites for hydroxylation is 1. The fourth-order valence-corrected chi connectivity index (χ4v) is 1.64. The lowest BCUT2D eigenvalue weighted by Crippen LogP contribution is -2.34. The van der Waals surface area contributed by atoms with Crippen molar-refractivity contribution < 1.29 is 4.79 Å². The molecule has 16 heavy (non-hydrogen) atoms. The summed E-state index contributed by atoms with van der Waals surface area (Å²) >= 11 is 1.58. The lowest BCUT2D eigenvalue weighted by Gasteiger charge is -2.15. The summed E-state index contributed by atoms with van der Waals surface area (Å²) in [6.07, 6.45) is 3.28. The van der Waals surface area contributed by atoms with Gasteiger partial charge in [0.2, 0.25) is 5.91 Å². The summed E-state index contributed by atoms with van der Waals surface area (Å²) in [6, 6.07) is 0.189. The van der Waals surface area contributed by atoms with Crippen molar-refractivity contribution in [1.29, 1.82) is 0 Å². The van der Waals surface area contributed by atoms with Crippen molar-refractivity contribution in [3.8, 4) is 0 Å². The smallest absolute Gasteiger partial charge is 0.244 e. The maximum atomic E-state index is 11.5. The largest absolute Gasteiger partial charge is 0.350 e. The lowest BCUT2D eigenvalue weighted by molar-refractivity contribution is -0.117. The second-order valence-corrected chi connectivity index (χ2v) is 5.23. The average molecular weight is 238 g/mol. The molecule has 1 unspecified atom stereocenters. The topological polar surface area (TPSA) is 42.0 Å². The standard InChI is InChI=1S/C12H18N2OS/c1-8(2)9(3)13-12(15)6-5-11-7-16-10(4)14-11/h5-9H,1-4H3,(H,13,15)/b6-5+. The van der Waals surface area contributed by atoms with Gasteiger partial charge in [0.15, 0.2) is 0 Å². The Labute approximate surface area is 101 Å². The first-order valence-electron chi connectivity index (χ1n) is 5.39. The van der Waals surface area contributed by atoms with Crippen LogP contribution in [0.1, 0.15) is 31.5 Å². The van der Waals surface area contributed by atoms with E-state index in [1.54, 1.807) is 17.4 Å². The molecule has 0 saturated carbocycles. The van der Waals surface area contributed by atoms with Crippen LogP contribution in [-0.4, -0.2) is 16.9 Å². The fourth-order valence-electron chi connectivity index (χ4n) is 1.06. The molecule has 1 N–H and O–H groups in total. The Balaban J connectivity index is 2.48. The molecule has 0 saturated heterocycles. The number of carbonyl (C=O) groups is 1. The molecule has 0 aliphatic rings. The lowest BCUT2D eigenvalue weighted by atomic mass is 10.1. The zero-order valence-electron chi connectivity index (χ0n) is 10.2. The van der Waals surface area contributed by atoms with Crippen molar-refractivity contribution in [1.82, 2.24) is 10.3 Å². The molecule has 1 aromatic rings. The van der Waals surface area contributed by atoms with E-state index in [9.17, 15) is 4.79 Å². The Morgan fingerprint density at radius 3 is 2.69 bits per heavy atom. The summed E-state index contributed by atoms with van der Waals surface area (Å²) in [6.45, 7) is 8.11. The molecule has 0 aliphatic carbocycles. The van der Waals surface area contributed by atoms with Gasteiger partial charge >= 0.3 is 0 Å². The van der Waals surface area contributed by atoms with Gasteiger partial charge in [-0.15, -0.1) is 11.3 Å². The highest BCUT2D eigenvalue weighted by Crippen LogP contribution is 2.09. The Morgan fingerprint density at radius 1 is 1.50 bits per heavy atom. The Kier molecular flexibility index (Phi) is 4.68. The third kappa shape index (κ3) is 4.14. The molecule has 0 radical (unpaired) electrons. The molecule has 88 valence electrons. The molecule has 0 aliphatic heterocycles. The van der Waals surface area contributed by atoms with Gasteiger partial charge in [-0.1, -0.05) is 13.8 Å². The minimum Gasteiger partial charge on any atom is -0.350 e. The highest BCUT2D eigenvalue weighted by atomic mass is 32.1. The molecule has 3 nitrogen and oxygen atoms in total. The molecule has 1 aromatic heterocycles. The van der Waals surface area contributed by atoms with Gasteiger partial charge < -0.3 is 5.32 Å². The maximum Gasteiger partial charge on any atom is 0.244 e. The minimum absolute atomic E-state index is 0.0631. The molecular formula is C12H18N2OS. The molecule has 1 atom stereocenters. The number of carbonyl (C=O) groups excluding carboxylic acids is 1. The quantitative estimate of drug-likeness (QED) is 0.819. The van der Waals surface area contributed by atoms with Crippen molar-refractivity contribution in [2.45, 2.75) is 33.7 Å². The monoisotopic (exact) mass is 238 g/mol. The number of hydrogen-bond acceptors (Lipinski definition) is 3. The SMILES string of the molecule is Cc1nc(/C=C/C(=O)NC(C)C(C)C)cs1. The minimum atomic E-state index is -0.0631. The number of aromatic nitrogens is 1. The summed E-state index contributed by atoms with van der Waals surface area (Å²) in [5.41, 5.74) is 0.842. The predicted molar refractivity (Wildman–Crippen MR) is 68.3 cm³/mol. The van der Waals surface area contributed by atoms with Gasteiger partial charge in [-0.05, 0) is 25.8 Å². The Hall–Kier alpha value is -1.16. The molecule has 1 heterocycles. The molecular weight excluding hydrogens is 220 g/mol. The van der Waals surface area contributed by atoms with Crippen molar-refractivity contribution in [3.05, 3.63) is 22.2 Å². The van der Waals surface area contributed by atoms with Gasteiger partial charge in [-0.3, -0.25) is 4.79 Å². The van der Waals surface area contributed by atoms with Crippen LogP contribution in [0.4, 0.5) is 0 Å². The molecule has 1 amide bonds. The van der Waals surface area contributed by atoms with E-state index in [0.717, 1.165) is 10.7 Å². The Morgan fingerprint density at radius 2 is 2.19 bits per heavy atom. The first-order chi connectivity index (χ1) is 7.49. The van der Waals surface area contributed by atoms with Gasteiger partial charge in [0.1, 0.15) is 0 Å². The van der Waals surface area contributed by atoms with Crippen molar-refractivity contribution in [3.63, 3.8) is 0 Å². The third-order valence-electron chi connectivity index (χ3n) is 2.41. The maximum absolute atomic E-state index is 11.5. The van der Waals surface area contributed by atoms with Gasteiger partial charge in [0.25, 0.3) is 0 Å². The molecule has 1 rings (SSSR count). The summed E-state index contributed by atoms with van der Waals surface area (Å²) in [5, 5.41) is 5.85. The van der Waals surface area contributed by atoms with Gasteiger partial charge in [-0.2, -0.15) is 0 Å². The zero-order valence-corrected chi connectivity index (χ0v) is 11.0. The average Bonchev–Trinajstić information content (AvgIpc) is 2.61. The fraction of sp³-hybridized carbons (Fsp3) is 0.500. The predicted octanol–water partition coefficient (Wildman–Crippen LogP) is 2.63. The van der Waals surface area contributed by atoms with E-state index in [4.69, 9.17) is 0 Å². The van der Waals surface area contributed by atoms with E-state index in [1.807, 2.05) is 19.2 Å². The van der Waals surface area contributed by atoms with Crippen LogP contribution in [0.15, 0.2) is 11.5 Å². The third-order valence-corrected chi connectivity index (χ3v) is 3.20. The molecule has 0 spiro atoms. The van der Waals surface area contributed by atoms with Gasteiger partial charge in [0, 0.05) is 17.5 Å². The zero-order chi connectivity index (χ0) is 12.1. The van der Waals surface area contributed by atoms with Gasteiger partial charge in [-0.25, -0.2) is 4.98 Å². The van der Waals surface area contributed by atoms with E-state index in [2.05, 4.69) is 24.1 Å². The highest BCUT2D eigenvalue weighted by Gasteiger charge is 2.08. The molecule has 4 heteroatoms. The summed E-state index contributed by atoms with van der Waals surface area (Å²) in [4.78, 5) is 15.8. The number of nitrogens with zero attached hydrogens (tertiary/aromatic N) is 1. The van der Waals surface area contributed by atoms with Crippen molar-refractivity contribution in [2.75, 3.05) is 0 Å². The van der Waals surface area contributed by atoms with Crippen molar-refractivity contribution >= 4 is 23.3 Å². The van der Waals surface area contributed by atoms with Crippen LogP contribution in [-0.2, 0) is 4.79 Å². The van der Waals surface area contributed by atoms with Crippen LogP contribution >= 0.6 is 11.3 Å². The van der Waals surface area contributed by atoms with Crippen LogP contribution in [0.2, 0.25) is 0 Å². The second-order valence-electron chi connectivity index (χ2n) is 4.17. The van der Waals surface area contributed by atoms with E-state index in [-0.39, 0.29) is 11.9 Å². The van der Waals surface area contributed by atoms with Crippen LogP contribution in [0.5, 0.6) is 0 Å². The van der Waals surface area contributed by atoms with Crippen molar-refractivity contribution in [2.24, 2.45) is 5.92 Å². The van der Waals surface area contributed by atoms with Crippen LogP contribution in [0, 0.1) is 12.8 Å². The van der Waals surface area contributed by atoms with E-state index >= 15 is 0 Å². The molecule has 0 aromatic carbocycles. The second kappa shape index (κ2) is 5.80. The van der Waals surface area contributed by atoms with Crippen LogP contribution in [0.25, 0.3) is 6.08 Å². The van der Waals surface area contributed by atoms with Gasteiger partial charge in [0.05, 0.1) is 10.7 Å². The normalized spacial score (nSPS) is 13.3. The first kappa shape index (κ1) is 12.9. The number of thiazole rings is 1. The van der Waals surface area contributed by atoms with E-state index in [1.165, 1.54) is 6.08 Å². The van der Waals surface area contributed by atoms with E-state index < -0.39 is 0 Å². The number of amides is 1. The molecule has 0 bridgehead atoms. The number of rotatable bonds is 4. The van der Waals surface area contributed by atoms with E-state index in [0.29, 0.717) is 5.92 Å². The highest BCUT2D eigenvalue weighted by molar-refractivity contribution is 7.09. The first-order valence-corrected chi connectivity index (χ1v) is 6.27. The van der Waals surface area contributed by atoms with Crippen LogP contribution in [0.3, 0.4) is 0 Å². The van der Waals surface area contributed by atoms with Crippen LogP contribution < -0.4 is 5.32 Å². The summed E-state index contributed by atoms with van der Waals surface area (Å²) < 4.78 is 0. The Bertz CT molecular complexity index is 382. The summed E-state index contributed by atoms with van der Waals surface area (Å²) in [5.74, 6) is 0.380. The number of nitrogens with one attached hydrogen (secondary N) is 1. The molecule has 0 fully saturated rings. The summed E-state index contributed by atoms with van der Waals surface area (Å²) in [7, 11) is 0.